The summed E-state index contributed by atoms with van der Waals surface area (Å²) in [5, 5.41) is 3.48. The smallest absolute Gasteiger partial charge is 0.312 e. The van der Waals surface area contributed by atoms with Crippen LogP contribution in [-0.2, 0) is 14.3 Å². The fraction of sp³-hybridized carbons (Fsp3) is 0.300. The lowest BCUT2D eigenvalue weighted by Crippen LogP contribution is -2.30. The SMILES string of the molecule is Bc1ccc(Nc2c(C(=O)NOC[C@H]3COC(C)(C)O3)oc3ccncc23)c(F)c1. The number of ether oxygens (including phenoxy) is 2. The van der Waals surface area contributed by atoms with Gasteiger partial charge >= 0.3 is 5.91 Å². The van der Waals surface area contributed by atoms with Gasteiger partial charge < -0.3 is 19.2 Å². The van der Waals surface area contributed by atoms with Gasteiger partial charge in [-0.3, -0.25) is 14.6 Å². The van der Waals surface area contributed by atoms with E-state index in [0.717, 1.165) is 5.46 Å². The molecule has 2 aromatic heterocycles. The second kappa shape index (κ2) is 8.06. The normalized spacial score (nSPS) is 17.9. The number of amides is 1. The fourth-order valence-electron chi connectivity index (χ4n) is 3.17. The molecular weight excluding hydrogens is 392 g/mol. The molecule has 2 N–H and O–H groups in total. The van der Waals surface area contributed by atoms with E-state index in [1.54, 1.807) is 46.1 Å². The van der Waals surface area contributed by atoms with E-state index in [0.29, 0.717) is 23.3 Å². The number of benzene rings is 1. The van der Waals surface area contributed by atoms with E-state index in [2.05, 4.69) is 15.8 Å². The molecule has 0 unspecified atom stereocenters. The molecule has 0 radical (unpaired) electrons. The minimum absolute atomic E-state index is 0.0538. The third-order valence-corrected chi connectivity index (χ3v) is 4.58. The van der Waals surface area contributed by atoms with Crippen molar-refractivity contribution in [1.29, 1.82) is 0 Å². The highest BCUT2D eigenvalue weighted by molar-refractivity contribution is 6.32. The number of halogens is 1. The molecule has 10 heteroatoms. The van der Waals surface area contributed by atoms with Crippen molar-refractivity contribution in [2.75, 3.05) is 18.5 Å². The van der Waals surface area contributed by atoms with E-state index in [1.807, 2.05) is 0 Å². The summed E-state index contributed by atoms with van der Waals surface area (Å²) in [5.41, 5.74) is 4.06. The molecule has 0 aliphatic carbocycles. The summed E-state index contributed by atoms with van der Waals surface area (Å²) in [6, 6.07) is 6.38. The zero-order valence-corrected chi connectivity index (χ0v) is 16.8. The number of pyridine rings is 1. The summed E-state index contributed by atoms with van der Waals surface area (Å²) in [7, 11) is 1.79. The van der Waals surface area contributed by atoms with E-state index >= 15 is 0 Å². The average Bonchev–Trinajstić information content (AvgIpc) is 3.24. The number of nitrogens with one attached hydrogen (secondary N) is 2. The molecule has 0 saturated carbocycles. The molecule has 0 bridgehead atoms. The maximum Gasteiger partial charge on any atom is 0.312 e. The molecule has 156 valence electrons. The Bertz CT molecular complexity index is 1090. The van der Waals surface area contributed by atoms with Crippen molar-refractivity contribution in [3.8, 4) is 0 Å². The fourth-order valence-corrected chi connectivity index (χ4v) is 3.17. The molecule has 1 aliphatic rings. The molecular formula is C20H21BFN3O5. The minimum atomic E-state index is -0.682. The van der Waals surface area contributed by atoms with Crippen LogP contribution in [0.5, 0.6) is 0 Å². The Labute approximate surface area is 173 Å². The maximum atomic E-state index is 14.4. The summed E-state index contributed by atoms with van der Waals surface area (Å²) < 4.78 is 31.1. The van der Waals surface area contributed by atoms with E-state index < -0.39 is 17.5 Å². The monoisotopic (exact) mass is 413 g/mol. The van der Waals surface area contributed by atoms with Gasteiger partial charge in [0, 0.05) is 12.4 Å². The van der Waals surface area contributed by atoms with Crippen LogP contribution in [0.4, 0.5) is 15.8 Å². The third-order valence-electron chi connectivity index (χ3n) is 4.58. The Morgan fingerprint density at radius 3 is 2.97 bits per heavy atom. The lowest BCUT2D eigenvalue weighted by Gasteiger charge is -2.16. The van der Waals surface area contributed by atoms with Crippen LogP contribution < -0.4 is 16.3 Å². The number of hydroxylamine groups is 1. The number of aromatic nitrogens is 1. The molecule has 30 heavy (non-hydrogen) atoms. The topological polar surface area (TPSA) is 94.9 Å². The molecule has 1 aliphatic heterocycles. The third kappa shape index (κ3) is 4.30. The van der Waals surface area contributed by atoms with Gasteiger partial charge in [0.25, 0.3) is 0 Å². The molecule has 8 nitrogen and oxygen atoms in total. The number of rotatable bonds is 6. The first-order chi connectivity index (χ1) is 14.3. The number of anilines is 2. The lowest BCUT2D eigenvalue weighted by molar-refractivity contribution is -0.147. The zero-order valence-electron chi connectivity index (χ0n) is 16.8. The number of hydrogen-bond donors (Lipinski definition) is 2. The Hall–Kier alpha value is -2.95. The Morgan fingerprint density at radius 1 is 1.40 bits per heavy atom. The first-order valence-electron chi connectivity index (χ1n) is 9.46. The maximum absolute atomic E-state index is 14.4. The standard InChI is InChI=1S/C20H21BFN3O5/c1-20(2)27-9-12(30-20)10-28-25-19(26)18-17(13-8-23-6-5-16(13)29-18)24-15-4-3-11(21)7-14(15)22/h3-8,12,24H,9-10,21H2,1-2H3,(H,25,26)/t12-/m1/s1. The largest absolute Gasteiger partial charge is 0.448 e. The summed E-state index contributed by atoms with van der Waals surface area (Å²) in [5.74, 6) is -1.81. The highest BCUT2D eigenvalue weighted by Gasteiger charge is 2.33. The summed E-state index contributed by atoms with van der Waals surface area (Å²) in [6.45, 7) is 4.07. The summed E-state index contributed by atoms with van der Waals surface area (Å²) in [6.07, 6.45) is 2.77. The number of carbonyl (C=O) groups excluding carboxylic acids is 1. The molecule has 1 saturated heterocycles. The zero-order chi connectivity index (χ0) is 21.3. The number of hydrogen-bond acceptors (Lipinski definition) is 7. The van der Waals surface area contributed by atoms with Crippen molar-refractivity contribution in [3.05, 3.63) is 48.2 Å². The molecule has 1 amide bonds. The van der Waals surface area contributed by atoms with Crippen LogP contribution in [0, 0.1) is 5.82 Å². The van der Waals surface area contributed by atoms with Gasteiger partial charge in [-0.15, -0.1) is 0 Å². The molecule has 1 aromatic carbocycles. The van der Waals surface area contributed by atoms with Gasteiger partial charge in [0.05, 0.1) is 17.7 Å². The van der Waals surface area contributed by atoms with Crippen LogP contribution >= 0.6 is 0 Å². The van der Waals surface area contributed by atoms with Crippen molar-refractivity contribution in [1.82, 2.24) is 10.5 Å². The van der Waals surface area contributed by atoms with E-state index in [4.69, 9.17) is 18.7 Å². The quantitative estimate of drug-likeness (QED) is 0.470. The van der Waals surface area contributed by atoms with Gasteiger partial charge in [0.2, 0.25) is 5.76 Å². The highest BCUT2D eigenvalue weighted by atomic mass is 19.1. The van der Waals surface area contributed by atoms with Crippen LogP contribution in [0.15, 0.2) is 41.1 Å². The van der Waals surface area contributed by atoms with Gasteiger partial charge in [-0.2, -0.15) is 0 Å². The lowest BCUT2D eigenvalue weighted by atomic mass is 9.96. The van der Waals surface area contributed by atoms with Crippen LogP contribution in [0.2, 0.25) is 0 Å². The van der Waals surface area contributed by atoms with Gasteiger partial charge in [-0.25, -0.2) is 9.87 Å². The van der Waals surface area contributed by atoms with Crippen molar-refractivity contribution in [3.63, 3.8) is 0 Å². The Morgan fingerprint density at radius 2 is 2.23 bits per heavy atom. The average molecular weight is 413 g/mol. The second-order valence-corrected chi connectivity index (χ2v) is 7.48. The van der Waals surface area contributed by atoms with Crippen molar-refractivity contribution in [2.45, 2.75) is 25.7 Å². The molecule has 3 aromatic rings. The molecule has 0 spiro atoms. The first kappa shape index (κ1) is 20.3. The molecule has 3 heterocycles. The van der Waals surface area contributed by atoms with E-state index in [9.17, 15) is 9.18 Å². The van der Waals surface area contributed by atoms with Gasteiger partial charge in [0.1, 0.15) is 37.6 Å². The van der Waals surface area contributed by atoms with Crippen molar-refractivity contribution < 1.29 is 27.9 Å². The predicted octanol–water partition coefficient (Wildman–Crippen LogP) is 1.78. The van der Waals surface area contributed by atoms with Crippen LogP contribution in [0.3, 0.4) is 0 Å². The van der Waals surface area contributed by atoms with Crippen LogP contribution in [-0.4, -0.2) is 43.8 Å². The van der Waals surface area contributed by atoms with Gasteiger partial charge in [-0.05, 0) is 32.0 Å². The van der Waals surface area contributed by atoms with Crippen LogP contribution in [0.25, 0.3) is 11.0 Å². The molecule has 4 rings (SSSR count). The van der Waals surface area contributed by atoms with E-state index in [1.165, 1.54) is 12.3 Å². The number of furan rings is 1. The van der Waals surface area contributed by atoms with Gasteiger partial charge in [-0.1, -0.05) is 11.5 Å². The number of nitrogens with zero attached hydrogens (tertiary/aromatic N) is 1. The molecule has 1 fully saturated rings. The Kier molecular flexibility index (Phi) is 5.46. The number of carbonyl (C=O) groups is 1. The molecule has 1 atom stereocenters. The second-order valence-electron chi connectivity index (χ2n) is 7.48. The first-order valence-corrected chi connectivity index (χ1v) is 9.46. The summed E-state index contributed by atoms with van der Waals surface area (Å²) >= 11 is 0. The Balaban J connectivity index is 1.53. The van der Waals surface area contributed by atoms with Crippen molar-refractivity contribution >= 4 is 41.6 Å². The minimum Gasteiger partial charge on any atom is -0.448 e. The predicted molar refractivity (Wildman–Crippen MR) is 110 cm³/mol. The van der Waals surface area contributed by atoms with E-state index in [-0.39, 0.29) is 24.2 Å². The highest BCUT2D eigenvalue weighted by Crippen LogP contribution is 2.33. The number of fused-ring (bicyclic) bond motifs is 1. The van der Waals surface area contributed by atoms with Crippen LogP contribution in [0.1, 0.15) is 24.4 Å². The summed E-state index contributed by atoms with van der Waals surface area (Å²) in [4.78, 5) is 22.1. The van der Waals surface area contributed by atoms with Gasteiger partial charge in [0.15, 0.2) is 5.79 Å². The van der Waals surface area contributed by atoms with Crippen molar-refractivity contribution in [2.24, 2.45) is 0 Å².